The third-order valence-corrected chi connectivity index (χ3v) is 4.67. The van der Waals surface area contributed by atoms with Crippen LogP contribution in [0.1, 0.15) is 25.3 Å². The molecule has 0 saturated heterocycles. The Kier molecular flexibility index (Phi) is 5.36. The molecule has 3 aromatic rings. The summed E-state index contributed by atoms with van der Waals surface area (Å²) in [6, 6.07) is 15.0. The van der Waals surface area contributed by atoms with Crippen molar-refractivity contribution in [3.05, 3.63) is 64.5 Å². The largest absolute Gasteiger partial charge is 0.325 e. The standard InChI is InChI=1S/C19H18ClN3OS/c1-12(2)13-6-8-14(9-7-13)17-11-25-19(22-17)23-18(24)21-16-5-3-4-15(20)10-16/h3-12H,1-2H3,(H2,21,22,23,24). The smallest absolute Gasteiger partial charge is 0.308 e. The van der Waals surface area contributed by atoms with Crippen molar-refractivity contribution < 1.29 is 4.79 Å². The number of hydrogen-bond acceptors (Lipinski definition) is 3. The number of carbonyl (C=O) groups is 1. The number of nitrogens with zero attached hydrogens (tertiary/aromatic N) is 1. The van der Waals surface area contributed by atoms with Gasteiger partial charge in [0, 0.05) is 21.7 Å². The van der Waals surface area contributed by atoms with Crippen molar-refractivity contribution in [1.82, 2.24) is 4.98 Å². The third-order valence-electron chi connectivity index (χ3n) is 3.68. The zero-order valence-electron chi connectivity index (χ0n) is 13.9. The number of carbonyl (C=O) groups excluding carboxylic acids is 1. The van der Waals surface area contributed by atoms with E-state index in [-0.39, 0.29) is 6.03 Å². The van der Waals surface area contributed by atoms with E-state index in [1.807, 2.05) is 5.38 Å². The minimum Gasteiger partial charge on any atom is -0.308 e. The number of halogens is 1. The molecule has 0 saturated carbocycles. The molecule has 0 atom stereocenters. The number of aromatic nitrogens is 1. The van der Waals surface area contributed by atoms with E-state index in [2.05, 4.69) is 53.7 Å². The van der Waals surface area contributed by atoms with Crippen molar-refractivity contribution >= 4 is 39.8 Å². The Hall–Kier alpha value is -2.37. The molecule has 2 amide bonds. The van der Waals surface area contributed by atoms with Crippen LogP contribution < -0.4 is 10.6 Å². The van der Waals surface area contributed by atoms with Gasteiger partial charge < -0.3 is 5.32 Å². The first-order chi connectivity index (χ1) is 12.0. The third kappa shape index (κ3) is 4.59. The predicted molar refractivity (Wildman–Crippen MR) is 106 cm³/mol. The molecule has 0 radical (unpaired) electrons. The second kappa shape index (κ2) is 7.68. The van der Waals surface area contributed by atoms with Crippen LogP contribution in [0.4, 0.5) is 15.6 Å². The summed E-state index contributed by atoms with van der Waals surface area (Å²) in [6.07, 6.45) is 0. The molecule has 2 aromatic carbocycles. The fraction of sp³-hybridized carbons (Fsp3) is 0.158. The summed E-state index contributed by atoms with van der Waals surface area (Å²) in [4.78, 5) is 16.5. The Labute approximate surface area is 155 Å². The second-order valence-electron chi connectivity index (χ2n) is 5.90. The van der Waals surface area contributed by atoms with Crippen LogP contribution in [0.3, 0.4) is 0 Å². The maximum absolute atomic E-state index is 12.1. The van der Waals surface area contributed by atoms with Crippen LogP contribution in [0.25, 0.3) is 11.3 Å². The Bertz CT molecular complexity index is 874. The molecular formula is C19H18ClN3OS. The lowest BCUT2D eigenvalue weighted by Crippen LogP contribution is -2.19. The number of benzene rings is 2. The van der Waals surface area contributed by atoms with Crippen LogP contribution in [0.5, 0.6) is 0 Å². The average molecular weight is 372 g/mol. The number of rotatable bonds is 4. The molecule has 0 bridgehead atoms. The van der Waals surface area contributed by atoms with E-state index < -0.39 is 0 Å². The summed E-state index contributed by atoms with van der Waals surface area (Å²) in [6.45, 7) is 4.33. The van der Waals surface area contributed by atoms with Gasteiger partial charge in [-0.3, -0.25) is 5.32 Å². The quantitative estimate of drug-likeness (QED) is 0.571. The number of hydrogen-bond donors (Lipinski definition) is 2. The highest BCUT2D eigenvalue weighted by molar-refractivity contribution is 7.14. The molecule has 0 aliphatic rings. The van der Waals surface area contributed by atoms with Crippen LogP contribution >= 0.6 is 22.9 Å². The summed E-state index contributed by atoms with van der Waals surface area (Å²) in [5.41, 5.74) is 3.80. The fourth-order valence-electron chi connectivity index (χ4n) is 2.33. The van der Waals surface area contributed by atoms with Crippen LogP contribution in [0.2, 0.25) is 5.02 Å². The molecule has 4 nitrogen and oxygen atoms in total. The Morgan fingerprint density at radius 3 is 2.56 bits per heavy atom. The summed E-state index contributed by atoms with van der Waals surface area (Å²) in [5, 5.41) is 8.52. The SMILES string of the molecule is CC(C)c1ccc(-c2csc(NC(=O)Nc3cccc(Cl)c3)n2)cc1. The van der Waals surface area contributed by atoms with Crippen molar-refractivity contribution in [3.63, 3.8) is 0 Å². The maximum atomic E-state index is 12.1. The normalized spacial score (nSPS) is 10.7. The highest BCUT2D eigenvalue weighted by Crippen LogP contribution is 2.26. The average Bonchev–Trinajstić information content (AvgIpc) is 3.03. The van der Waals surface area contributed by atoms with Gasteiger partial charge in [-0.1, -0.05) is 55.8 Å². The fourth-order valence-corrected chi connectivity index (χ4v) is 3.23. The number of thiazole rings is 1. The second-order valence-corrected chi connectivity index (χ2v) is 7.20. The first kappa shape index (κ1) is 17.5. The lowest BCUT2D eigenvalue weighted by molar-refractivity contribution is 0.262. The number of anilines is 2. The number of urea groups is 1. The molecule has 1 heterocycles. The van der Waals surface area contributed by atoms with E-state index >= 15 is 0 Å². The van der Waals surface area contributed by atoms with Crippen LogP contribution in [-0.2, 0) is 0 Å². The van der Waals surface area contributed by atoms with Crippen molar-refractivity contribution in [2.45, 2.75) is 19.8 Å². The molecule has 2 N–H and O–H groups in total. The molecular weight excluding hydrogens is 354 g/mol. The highest BCUT2D eigenvalue weighted by atomic mass is 35.5. The van der Waals surface area contributed by atoms with Crippen molar-refractivity contribution in [2.24, 2.45) is 0 Å². The van der Waals surface area contributed by atoms with Gasteiger partial charge >= 0.3 is 6.03 Å². The summed E-state index contributed by atoms with van der Waals surface area (Å²) >= 11 is 7.30. The monoisotopic (exact) mass is 371 g/mol. The summed E-state index contributed by atoms with van der Waals surface area (Å²) in [5.74, 6) is 0.497. The van der Waals surface area contributed by atoms with Gasteiger partial charge in [0.05, 0.1) is 5.69 Å². The molecule has 0 unspecified atom stereocenters. The molecule has 0 aliphatic carbocycles. The molecule has 3 rings (SSSR count). The lowest BCUT2D eigenvalue weighted by atomic mass is 10.0. The van der Waals surface area contributed by atoms with Gasteiger partial charge in [-0.2, -0.15) is 0 Å². The van der Waals surface area contributed by atoms with Crippen molar-refractivity contribution in [1.29, 1.82) is 0 Å². The zero-order chi connectivity index (χ0) is 17.8. The van der Waals surface area contributed by atoms with Gasteiger partial charge in [-0.05, 0) is 29.7 Å². The van der Waals surface area contributed by atoms with Gasteiger partial charge in [-0.15, -0.1) is 11.3 Å². The molecule has 25 heavy (non-hydrogen) atoms. The number of amides is 2. The van der Waals surface area contributed by atoms with E-state index in [1.165, 1.54) is 16.9 Å². The highest BCUT2D eigenvalue weighted by Gasteiger charge is 2.09. The van der Waals surface area contributed by atoms with E-state index in [0.29, 0.717) is 21.8 Å². The Balaban J connectivity index is 1.66. The lowest BCUT2D eigenvalue weighted by Gasteiger charge is -2.06. The first-order valence-electron chi connectivity index (χ1n) is 7.90. The van der Waals surface area contributed by atoms with Gasteiger partial charge in [0.2, 0.25) is 0 Å². The predicted octanol–water partition coefficient (Wildman–Crippen LogP) is 6.23. The molecule has 128 valence electrons. The van der Waals surface area contributed by atoms with Crippen molar-refractivity contribution in [2.75, 3.05) is 10.6 Å². The maximum Gasteiger partial charge on any atom is 0.325 e. The van der Waals surface area contributed by atoms with Crippen LogP contribution in [-0.4, -0.2) is 11.0 Å². The van der Waals surface area contributed by atoms with Crippen LogP contribution in [0, 0.1) is 0 Å². The van der Waals surface area contributed by atoms with E-state index in [4.69, 9.17) is 11.6 Å². The molecule has 6 heteroatoms. The van der Waals surface area contributed by atoms with Gasteiger partial charge in [0.1, 0.15) is 0 Å². The minimum absolute atomic E-state index is 0.349. The summed E-state index contributed by atoms with van der Waals surface area (Å²) in [7, 11) is 0. The van der Waals surface area contributed by atoms with E-state index in [9.17, 15) is 4.79 Å². The van der Waals surface area contributed by atoms with Crippen molar-refractivity contribution in [3.8, 4) is 11.3 Å². The van der Waals surface area contributed by atoms with E-state index in [1.54, 1.807) is 24.3 Å². The number of nitrogens with one attached hydrogen (secondary N) is 2. The zero-order valence-corrected chi connectivity index (χ0v) is 15.5. The molecule has 0 aliphatic heterocycles. The minimum atomic E-state index is -0.349. The first-order valence-corrected chi connectivity index (χ1v) is 9.16. The van der Waals surface area contributed by atoms with Gasteiger partial charge in [0.15, 0.2) is 5.13 Å². The summed E-state index contributed by atoms with van der Waals surface area (Å²) < 4.78 is 0. The van der Waals surface area contributed by atoms with Gasteiger partial charge in [0.25, 0.3) is 0 Å². The van der Waals surface area contributed by atoms with Crippen LogP contribution in [0.15, 0.2) is 53.9 Å². The molecule has 0 spiro atoms. The Morgan fingerprint density at radius 2 is 1.88 bits per heavy atom. The molecule has 0 fully saturated rings. The topological polar surface area (TPSA) is 54.0 Å². The molecule has 1 aromatic heterocycles. The van der Waals surface area contributed by atoms with E-state index in [0.717, 1.165) is 11.3 Å². The van der Waals surface area contributed by atoms with Gasteiger partial charge in [-0.25, -0.2) is 9.78 Å². The Morgan fingerprint density at radius 1 is 1.12 bits per heavy atom.